The summed E-state index contributed by atoms with van der Waals surface area (Å²) in [6.45, 7) is 7.62. The van der Waals surface area contributed by atoms with E-state index < -0.39 is 0 Å². The first-order chi connectivity index (χ1) is 11.7. The third-order valence-electron chi connectivity index (χ3n) is 4.27. The molecule has 1 saturated heterocycles. The van der Waals surface area contributed by atoms with Crippen LogP contribution in [0, 0.1) is 0 Å². The van der Waals surface area contributed by atoms with E-state index in [0.717, 1.165) is 38.5 Å². The largest absolute Gasteiger partial charge is 0.492 e. The lowest BCUT2D eigenvalue weighted by Crippen LogP contribution is -2.46. The van der Waals surface area contributed by atoms with Crippen LogP contribution < -0.4 is 9.64 Å². The first kappa shape index (κ1) is 17.4. The third kappa shape index (κ3) is 4.15. The van der Waals surface area contributed by atoms with E-state index in [0.29, 0.717) is 16.7 Å². The van der Waals surface area contributed by atoms with E-state index in [-0.39, 0.29) is 0 Å². The number of anilines is 1. The van der Waals surface area contributed by atoms with Crippen LogP contribution in [0.1, 0.15) is 12.5 Å². The Bertz CT molecular complexity index is 685. The maximum Gasteiger partial charge on any atom is 0.142 e. The summed E-state index contributed by atoms with van der Waals surface area (Å²) in [7, 11) is 0. The van der Waals surface area contributed by atoms with E-state index in [2.05, 4.69) is 21.9 Å². The Labute approximate surface area is 153 Å². The summed E-state index contributed by atoms with van der Waals surface area (Å²) >= 11 is 12.1. The van der Waals surface area contributed by atoms with Crippen molar-refractivity contribution >= 4 is 28.9 Å². The molecule has 0 unspecified atom stereocenters. The second kappa shape index (κ2) is 8.11. The Morgan fingerprint density at radius 2 is 1.71 bits per heavy atom. The highest BCUT2D eigenvalue weighted by molar-refractivity contribution is 6.42. The molecule has 0 spiro atoms. The summed E-state index contributed by atoms with van der Waals surface area (Å²) in [6, 6.07) is 14.1. The van der Waals surface area contributed by atoms with E-state index in [1.54, 1.807) is 0 Å². The van der Waals surface area contributed by atoms with Crippen molar-refractivity contribution in [1.29, 1.82) is 0 Å². The van der Waals surface area contributed by atoms with Crippen LogP contribution in [0.2, 0.25) is 10.0 Å². The molecule has 1 aliphatic rings. The van der Waals surface area contributed by atoms with Gasteiger partial charge in [-0.1, -0.05) is 41.4 Å². The minimum absolute atomic E-state index is 0.609. The van der Waals surface area contributed by atoms with Crippen molar-refractivity contribution in [2.24, 2.45) is 0 Å². The molecule has 0 aromatic heterocycles. The van der Waals surface area contributed by atoms with Crippen LogP contribution in [-0.4, -0.2) is 37.7 Å². The van der Waals surface area contributed by atoms with Crippen LogP contribution in [0.3, 0.4) is 0 Å². The van der Waals surface area contributed by atoms with Gasteiger partial charge in [0.1, 0.15) is 5.75 Å². The Morgan fingerprint density at radius 3 is 2.42 bits per heavy atom. The molecule has 2 aromatic rings. The molecule has 0 atom stereocenters. The van der Waals surface area contributed by atoms with Crippen molar-refractivity contribution in [2.45, 2.75) is 13.5 Å². The van der Waals surface area contributed by atoms with Gasteiger partial charge in [-0.15, -0.1) is 0 Å². The molecule has 0 aliphatic carbocycles. The van der Waals surface area contributed by atoms with Crippen LogP contribution in [0.5, 0.6) is 5.75 Å². The van der Waals surface area contributed by atoms with Crippen LogP contribution >= 0.6 is 23.2 Å². The van der Waals surface area contributed by atoms with Gasteiger partial charge in [0.25, 0.3) is 0 Å². The summed E-state index contributed by atoms with van der Waals surface area (Å²) < 4.78 is 5.75. The molecule has 0 bridgehead atoms. The highest BCUT2D eigenvalue weighted by Gasteiger charge is 2.19. The molecule has 1 fully saturated rings. The van der Waals surface area contributed by atoms with Crippen LogP contribution in [0.15, 0.2) is 42.5 Å². The summed E-state index contributed by atoms with van der Waals surface area (Å²) in [4.78, 5) is 4.84. The number of halogens is 2. The van der Waals surface area contributed by atoms with Gasteiger partial charge in [-0.3, -0.25) is 4.90 Å². The highest BCUT2D eigenvalue weighted by Crippen LogP contribution is 2.29. The zero-order valence-electron chi connectivity index (χ0n) is 13.8. The van der Waals surface area contributed by atoms with E-state index in [4.69, 9.17) is 27.9 Å². The molecule has 0 radical (unpaired) electrons. The molecular weight excluding hydrogens is 343 g/mol. The molecule has 1 heterocycles. The molecule has 0 saturated carbocycles. The van der Waals surface area contributed by atoms with Crippen molar-refractivity contribution < 1.29 is 4.74 Å². The minimum atomic E-state index is 0.609. The highest BCUT2D eigenvalue weighted by atomic mass is 35.5. The van der Waals surface area contributed by atoms with Crippen molar-refractivity contribution in [3.05, 3.63) is 58.1 Å². The number of hydrogen-bond donors (Lipinski definition) is 0. The van der Waals surface area contributed by atoms with Crippen LogP contribution in [0.25, 0.3) is 0 Å². The summed E-state index contributed by atoms with van der Waals surface area (Å²) in [5.41, 5.74) is 2.39. The molecule has 3 nitrogen and oxygen atoms in total. The Hall–Kier alpha value is -1.42. The summed E-state index contributed by atoms with van der Waals surface area (Å²) in [6.07, 6.45) is 0. The topological polar surface area (TPSA) is 15.7 Å². The fourth-order valence-corrected chi connectivity index (χ4v) is 3.36. The average Bonchev–Trinajstić information content (AvgIpc) is 2.60. The Morgan fingerprint density at radius 1 is 0.958 bits per heavy atom. The van der Waals surface area contributed by atoms with Crippen molar-refractivity contribution in [2.75, 3.05) is 37.7 Å². The molecule has 5 heteroatoms. The summed E-state index contributed by atoms with van der Waals surface area (Å²) in [5, 5.41) is 1.23. The van der Waals surface area contributed by atoms with Gasteiger partial charge in [-0.2, -0.15) is 0 Å². The lowest BCUT2D eigenvalue weighted by molar-refractivity contribution is 0.248. The second-order valence-electron chi connectivity index (χ2n) is 5.91. The number of hydrogen-bond acceptors (Lipinski definition) is 3. The van der Waals surface area contributed by atoms with Gasteiger partial charge in [0.15, 0.2) is 0 Å². The number of para-hydroxylation sites is 2. The quantitative estimate of drug-likeness (QED) is 0.763. The number of rotatable bonds is 5. The maximum atomic E-state index is 6.11. The van der Waals surface area contributed by atoms with Crippen LogP contribution in [0.4, 0.5) is 5.69 Å². The first-order valence-electron chi connectivity index (χ1n) is 8.30. The van der Waals surface area contributed by atoms with E-state index >= 15 is 0 Å². The van der Waals surface area contributed by atoms with E-state index in [1.807, 2.05) is 37.3 Å². The Balaban J connectivity index is 1.60. The number of piperazine rings is 1. The maximum absolute atomic E-state index is 6.11. The Kier molecular flexibility index (Phi) is 5.88. The van der Waals surface area contributed by atoms with Gasteiger partial charge in [0.05, 0.1) is 22.3 Å². The molecule has 24 heavy (non-hydrogen) atoms. The molecule has 2 aromatic carbocycles. The van der Waals surface area contributed by atoms with E-state index in [9.17, 15) is 0 Å². The molecule has 128 valence electrons. The van der Waals surface area contributed by atoms with Crippen molar-refractivity contribution in [1.82, 2.24) is 4.90 Å². The van der Waals surface area contributed by atoms with Gasteiger partial charge in [-0.25, -0.2) is 0 Å². The smallest absolute Gasteiger partial charge is 0.142 e. The molecule has 1 aliphatic heterocycles. The third-order valence-corrected chi connectivity index (χ3v) is 5.01. The van der Waals surface area contributed by atoms with Crippen molar-refractivity contribution in [3.8, 4) is 5.75 Å². The zero-order valence-corrected chi connectivity index (χ0v) is 15.4. The predicted octanol–water partition coefficient (Wildman–Crippen LogP) is 4.71. The summed E-state index contributed by atoms with van der Waals surface area (Å²) in [5.74, 6) is 0.970. The predicted molar refractivity (Wildman–Crippen MR) is 102 cm³/mol. The van der Waals surface area contributed by atoms with Gasteiger partial charge >= 0.3 is 0 Å². The molecule has 0 amide bonds. The lowest BCUT2D eigenvalue weighted by atomic mass is 10.2. The molecule has 3 rings (SSSR count). The fraction of sp³-hybridized carbons (Fsp3) is 0.368. The lowest BCUT2D eigenvalue weighted by Gasteiger charge is -2.36. The molecule has 0 N–H and O–H groups in total. The SMILES string of the molecule is CCOc1ccccc1N1CCN(Cc2ccc(Cl)c(Cl)c2)CC1. The normalized spacial score (nSPS) is 15.5. The van der Waals surface area contributed by atoms with Crippen molar-refractivity contribution in [3.63, 3.8) is 0 Å². The second-order valence-corrected chi connectivity index (χ2v) is 6.73. The first-order valence-corrected chi connectivity index (χ1v) is 9.06. The van der Waals surface area contributed by atoms with Gasteiger partial charge < -0.3 is 9.64 Å². The van der Waals surface area contributed by atoms with Gasteiger partial charge in [0, 0.05) is 32.7 Å². The fourth-order valence-electron chi connectivity index (χ4n) is 3.04. The van der Waals surface area contributed by atoms with E-state index in [1.165, 1.54) is 11.3 Å². The van der Waals surface area contributed by atoms with Gasteiger partial charge in [0.2, 0.25) is 0 Å². The number of benzene rings is 2. The monoisotopic (exact) mass is 364 g/mol. The minimum Gasteiger partial charge on any atom is -0.492 e. The van der Waals surface area contributed by atoms with Crippen LogP contribution in [-0.2, 0) is 6.54 Å². The molecular formula is C19H22Cl2N2O. The number of nitrogens with zero attached hydrogens (tertiary/aromatic N) is 2. The standard InChI is InChI=1S/C19H22Cl2N2O/c1-2-24-19-6-4-3-5-18(19)23-11-9-22(10-12-23)14-15-7-8-16(20)17(21)13-15/h3-8,13H,2,9-12,14H2,1H3. The average molecular weight is 365 g/mol. The van der Waals surface area contributed by atoms with Gasteiger partial charge in [-0.05, 0) is 36.8 Å². The zero-order chi connectivity index (χ0) is 16.9. The number of ether oxygens (including phenoxy) is 1.